The lowest BCUT2D eigenvalue weighted by molar-refractivity contribution is -0.152. The van der Waals surface area contributed by atoms with Crippen LogP contribution in [0.15, 0.2) is 0 Å². The highest BCUT2D eigenvalue weighted by molar-refractivity contribution is 6.01. The predicted octanol–water partition coefficient (Wildman–Crippen LogP) is 0.501. The summed E-state index contributed by atoms with van der Waals surface area (Å²) in [5, 5.41) is 2.58. The van der Waals surface area contributed by atoms with Crippen LogP contribution in [0.25, 0.3) is 0 Å². The molecule has 6 nitrogen and oxygen atoms in total. The summed E-state index contributed by atoms with van der Waals surface area (Å²) in [5.41, 5.74) is 0. The highest BCUT2D eigenvalue weighted by Gasteiger charge is 2.32. The van der Waals surface area contributed by atoms with Crippen LogP contribution in [0.4, 0.5) is 0 Å². The van der Waals surface area contributed by atoms with Crippen molar-refractivity contribution in [3.8, 4) is 0 Å². The number of nitrogens with zero attached hydrogens (tertiary/aromatic N) is 1. The number of carbonyl (C=O) groups excluding carboxylic acids is 4. The van der Waals surface area contributed by atoms with Crippen molar-refractivity contribution in [2.24, 2.45) is 11.8 Å². The molecule has 0 bridgehead atoms. The Kier molecular flexibility index (Phi) is 5.42. The summed E-state index contributed by atoms with van der Waals surface area (Å²) in [6.45, 7) is 6.58. The molecule has 1 rings (SSSR count). The molecular weight excluding hydrogens is 260 g/mol. The zero-order valence-corrected chi connectivity index (χ0v) is 12.4. The third-order valence-corrected chi connectivity index (χ3v) is 3.37. The van der Waals surface area contributed by atoms with E-state index in [9.17, 15) is 19.2 Å². The fraction of sp³-hybridized carbons (Fsp3) is 0.714. The maximum atomic E-state index is 11.9. The van der Waals surface area contributed by atoms with Crippen LogP contribution in [-0.2, 0) is 19.2 Å². The van der Waals surface area contributed by atoms with E-state index in [-0.39, 0.29) is 48.8 Å². The molecule has 112 valence electrons. The smallest absolute Gasteiger partial charge is 0.240 e. The first-order chi connectivity index (χ1) is 9.22. The lowest BCUT2D eigenvalue weighted by Crippen LogP contribution is -2.51. The van der Waals surface area contributed by atoms with Gasteiger partial charge in [0.2, 0.25) is 17.7 Å². The topological polar surface area (TPSA) is 83.6 Å². The van der Waals surface area contributed by atoms with E-state index in [1.807, 2.05) is 20.8 Å². The van der Waals surface area contributed by atoms with E-state index >= 15 is 0 Å². The molecule has 1 heterocycles. The second-order valence-electron chi connectivity index (χ2n) is 5.79. The summed E-state index contributed by atoms with van der Waals surface area (Å²) in [6, 6.07) is -0.587. The van der Waals surface area contributed by atoms with Gasteiger partial charge in [-0.2, -0.15) is 0 Å². The fourth-order valence-electron chi connectivity index (χ4n) is 2.30. The van der Waals surface area contributed by atoms with Crippen LogP contribution in [-0.4, -0.2) is 41.0 Å². The highest BCUT2D eigenvalue weighted by Crippen LogP contribution is 2.18. The van der Waals surface area contributed by atoms with Crippen molar-refractivity contribution in [1.82, 2.24) is 10.2 Å². The number of likely N-dealkylation sites (tertiary alicyclic amines) is 1. The lowest BCUT2D eigenvalue weighted by atomic mass is 9.97. The van der Waals surface area contributed by atoms with Gasteiger partial charge in [-0.05, 0) is 18.8 Å². The first-order valence-corrected chi connectivity index (χ1v) is 6.85. The molecule has 0 aromatic heterocycles. The van der Waals surface area contributed by atoms with Gasteiger partial charge < -0.3 is 5.32 Å². The lowest BCUT2D eigenvalue weighted by Gasteiger charge is -2.28. The van der Waals surface area contributed by atoms with Gasteiger partial charge in [0.15, 0.2) is 5.78 Å². The Hall–Kier alpha value is -1.72. The van der Waals surface area contributed by atoms with Crippen LogP contribution < -0.4 is 5.32 Å². The Morgan fingerprint density at radius 1 is 1.25 bits per heavy atom. The van der Waals surface area contributed by atoms with Crippen LogP contribution >= 0.6 is 0 Å². The van der Waals surface area contributed by atoms with E-state index < -0.39 is 11.9 Å². The highest BCUT2D eigenvalue weighted by atomic mass is 16.2. The third-order valence-electron chi connectivity index (χ3n) is 3.37. The minimum Gasteiger partial charge on any atom is -0.344 e. The second kappa shape index (κ2) is 6.63. The summed E-state index contributed by atoms with van der Waals surface area (Å²) in [4.78, 5) is 47.8. The van der Waals surface area contributed by atoms with E-state index in [0.717, 1.165) is 4.90 Å². The molecular formula is C14H22N2O4. The molecule has 20 heavy (non-hydrogen) atoms. The average Bonchev–Trinajstić information content (AvgIpc) is 2.29. The molecule has 0 aromatic rings. The van der Waals surface area contributed by atoms with Crippen molar-refractivity contribution in [3.05, 3.63) is 0 Å². The largest absolute Gasteiger partial charge is 0.344 e. The minimum atomic E-state index is -0.587. The van der Waals surface area contributed by atoms with Crippen molar-refractivity contribution >= 4 is 23.5 Å². The number of nitrogens with one attached hydrogen (secondary N) is 1. The van der Waals surface area contributed by atoms with Crippen molar-refractivity contribution in [1.29, 1.82) is 0 Å². The molecule has 0 aliphatic carbocycles. The molecule has 0 radical (unpaired) electrons. The summed E-state index contributed by atoms with van der Waals surface area (Å²) in [6.07, 6.45) is 0.554. The standard InChI is InChI=1S/C14H22N2O4/c1-8(2)14(10(4)17)15-11(18)7-16-12(19)5-9(3)6-13(16)20/h8-9,14H,5-7H2,1-4H3,(H,15,18). The molecule has 1 aliphatic heterocycles. The Labute approximate surface area is 118 Å². The van der Waals surface area contributed by atoms with Gasteiger partial charge in [0.25, 0.3) is 0 Å². The Balaban J connectivity index is 2.64. The van der Waals surface area contributed by atoms with E-state index in [1.165, 1.54) is 6.92 Å². The number of hydrogen-bond acceptors (Lipinski definition) is 4. The molecule has 0 saturated carbocycles. The molecule has 3 amide bonds. The van der Waals surface area contributed by atoms with Gasteiger partial charge in [-0.3, -0.25) is 24.1 Å². The van der Waals surface area contributed by atoms with E-state index in [2.05, 4.69) is 5.32 Å². The maximum absolute atomic E-state index is 11.9. The number of rotatable bonds is 5. The fourth-order valence-corrected chi connectivity index (χ4v) is 2.30. The van der Waals surface area contributed by atoms with Crippen LogP contribution in [0.2, 0.25) is 0 Å². The maximum Gasteiger partial charge on any atom is 0.240 e. The number of Topliss-reactive ketones (excluding diaryl/α,β-unsaturated/α-hetero) is 1. The van der Waals surface area contributed by atoms with Crippen molar-refractivity contribution in [2.45, 2.75) is 46.6 Å². The third kappa shape index (κ3) is 4.15. The van der Waals surface area contributed by atoms with Crippen LogP contribution in [0, 0.1) is 11.8 Å². The number of ketones is 1. The number of imide groups is 1. The van der Waals surface area contributed by atoms with E-state index in [1.54, 1.807) is 0 Å². The van der Waals surface area contributed by atoms with Gasteiger partial charge >= 0.3 is 0 Å². The molecule has 1 N–H and O–H groups in total. The quantitative estimate of drug-likeness (QED) is 0.744. The monoisotopic (exact) mass is 282 g/mol. The Morgan fingerprint density at radius 3 is 2.15 bits per heavy atom. The van der Waals surface area contributed by atoms with Gasteiger partial charge in [0, 0.05) is 12.8 Å². The number of hydrogen-bond donors (Lipinski definition) is 1. The second-order valence-corrected chi connectivity index (χ2v) is 5.79. The molecule has 1 atom stereocenters. The van der Waals surface area contributed by atoms with E-state index in [0.29, 0.717) is 0 Å². The van der Waals surface area contributed by atoms with Crippen LogP contribution in [0.5, 0.6) is 0 Å². The molecule has 6 heteroatoms. The van der Waals surface area contributed by atoms with Crippen LogP contribution in [0.3, 0.4) is 0 Å². The summed E-state index contributed by atoms with van der Waals surface area (Å²) < 4.78 is 0. The Morgan fingerprint density at radius 2 is 1.75 bits per heavy atom. The van der Waals surface area contributed by atoms with Gasteiger partial charge in [0.1, 0.15) is 6.54 Å². The van der Waals surface area contributed by atoms with Crippen molar-refractivity contribution in [2.75, 3.05) is 6.54 Å². The minimum absolute atomic E-state index is 0.0231. The van der Waals surface area contributed by atoms with Gasteiger partial charge in [-0.15, -0.1) is 0 Å². The molecule has 1 fully saturated rings. The normalized spacial score (nSPS) is 18.4. The zero-order valence-electron chi connectivity index (χ0n) is 12.4. The summed E-state index contributed by atoms with van der Waals surface area (Å²) in [5.74, 6) is -1.28. The van der Waals surface area contributed by atoms with Gasteiger partial charge in [-0.1, -0.05) is 20.8 Å². The molecule has 0 aromatic carbocycles. The zero-order chi connectivity index (χ0) is 15.4. The van der Waals surface area contributed by atoms with Crippen molar-refractivity contribution < 1.29 is 19.2 Å². The molecule has 1 unspecified atom stereocenters. The first kappa shape index (κ1) is 16.3. The van der Waals surface area contributed by atoms with Gasteiger partial charge in [-0.25, -0.2) is 0 Å². The predicted molar refractivity (Wildman–Crippen MR) is 72.6 cm³/mol. The summed E-state index contributed by atoms with van der Waals surface area (Å²) >= 11 is 0. The summed E-state index contributed by atoms with van der Waals surface area (Å²) in [7, 11) is 0. The number of carbonyl (C=O) groups is 4. The average molecular weight is 282 g/mol. The van der Waals surface area contributed by atoms with Crippen molar-refractivity contribution in [3.63, 3.8) is 0 Å². The Bertz CT molecular complexity index is 413. The van der Waals surface area contributed by atoms with E-state index in [4.69, 9.17) is 0 Å². The van der Waals surface area contributed by atoms with Crippen LogP contribution in [0.1, 0.15) is 40.5 Å². The number of amides is 3. The van der Waals surface area contributed by atoms with Gasteiger partial charge in [0.05, 0.1) is 6.04 Å². The first-order valence-electron chi connectivity index (χ1n) is 6.85. The molecule has 1 saturated heterocycles. The number of piperidine rings is 1. The molecule has 0 spiro atoms. The molecule has 1 aliphatic rings. The SMILES string of the molecule is CC(=O)C(NC(=O)CN1C(=O)CC(C)CC1=O)C(C)C.